The lowest BCUT2D eigenvalue weighted by Crippen LogP contribution is -2.14. The molecular weight excluding hydrogens is 534 g/mol. The lowest BCUT2D eigenvalue weighted by molar-refractivity contribution is 0.102. The van der Waals surface area contributed by atoms with Gasteiger partial charge in [-0.3, -0.25) is 14.5 Å². The Morgan fingerprint density at radius 1 is 0.951 bits per heavy atom. The van der Waals surface area contributed by atoms with Gasteiger partial charge in [-0.05, 0) is 60.9 Å². The summed E-state index contributed by atoms with van der Waals surface area (Å²) in [4.78, 5) is 21.9. The fourth-order valence-electron chi connectivity index (χ4n) is 5.30. The van der Waals surface area contributed by atoms with E-state index in [-0.39, 0.29) is 23.5 Å². The van der Waals surface area contributed by atoms with E-state index in [2.05, 4.69) is 15.3 Å². The number of amides is 1. The van der Waals surface area contributed by atoms with Crippen LogP contribution in [0.25, 0.3) is 22.6 Å². The van der Waals surface area contributed by atoms with E-state index in [9.17, 15) is 13.2 Å². The van der Waals surface area contributed by atoms with Crippen LogP contribution in [-0.4, -0.2) is 45.6 Å². The van der Waals surface area contributed by atoms with Gasteiger partial charge in [0.2, 0.25) is 0 Å². The van der Waals surface area contributed by atoms with Crippen LogP contribution in [0.15, 0.2) is 97.3 Å². The summed E-state index contributed by atoms with van der Waals surface area (Å²) in [6.07, 6.45) is 4.37. The van der Waals surface area contributed by atoms with Gasteiger partial charge in [-0.2, -0.15) is 5.10 Å². The second kappa shape index (κ2) is 11.1. The van der Waals surface area contributed by atoms with Crippen LogP contribution in [0.3, 0.4) is 0 Å². The molecule has 1 aliphatic heterocycles. The van der Waals surface area contributed by atoms with Crippen molar-refractivity contribution in [2.24, 2.45) is 0 Å². The summed E-state index contributed by atoms with van der Waals surface area (Å²) in [6.45, 7) is 1.95. The summed E-state index contributed by atoms with van der Waals surface area (Å²) < 4.78 is 26.8. The third-order valence-electron chi connectivity index (χ3n) is 7.24. The number of carbonyl (C=O) groups is 1. The van der Waals surface area contributed by atoms with Gasteiger partial charge in [0.1, 0.15) is 11.5 Å². The van der Waals surface area contributed by atoms with Crippen LogP contribution in [0, 0.1) is 6.92 Å². The number of hydrogen-bond donors (Lipinski definition) is 1. The Kier molecular flexibility index (Phi) is 7.19. The number of anilines is 1. The highest BCUT2D eigenvalue weighted by Gasteiger charge is 2.33. The van der Waals surface area contributed by atoms with E-state index < -0.39 is 9.84 Å². The molecule has 0 spiro atoms. The van der Waals surface area contributed by atoms with Gasteiger partial charge in [0, 0.05) is 35.5 Å². The lowest BCUT2D eigenvalue weighted by Gasteiger charge is -2.15. The quantitative estimate of drug-likeness (QED) is 0.280. The van der Waals surface area contributed by atoms with E-state index in [0.29, 0.717) is 35.6 Å². The fourth-order valence-corrected chi connectivity index (χ4v) is 6.99. The van der Waals surface area contributed by atoms with Crippen LogP contribution >= 0.6 is 0 Å². The number of aryl methyl sites for hydroxylation is 1. The molecule has 2 aromatic carbocycles. The molecule has 1 atom stereocenters. The van der Waals surface area contributed by atoms with Gasteiger partial charge >= 0.3 is 0 Å². The average Bonchev–Trinajstić information content (AvgIpc) is 3.53. The average molecular weight is 564 g/mol. The molecule has 3 aromatic heterocycles. The molecule has 6 rings (SSSR count). The molecule has 1 fully saturated rings. The monoisotopic (exact) mass is 563 g/mol. The maximum absolute atomic E-state index is 13.1. The Balaban J connectivity index is 1.44. The molecule has 206 valence electrons. The number of hydrogen-bond acceptors (Lipinski definition) is 6. The van der Waals surface area contributed by atoms with Crippen molar-refractivity contribution in [1.29, 1.82) is 0 Å². The minimum absolute atomic E-state index is 0.0538. The Morgan fingerprint density at radius 3 is 2.51 bits per heavy atom. The summed E-state index contributed by atoms with van der Waals surface area (Å²) in [5.41, 5.74) is 6.59. The first kappa shape index (κ1) is 26.6. The van der Waals surface area contributed by atoms with Crippen molar-refractivity contribution in [3.63, 3.8) is 0 Å². The molecule has 0 radical (unpaired) electrons. The van der Waals surface area contributed by atoms with Crippen molar-refractivity contribution >= 4 is 21.6 Å². The highest BCUT2D eigenvalue weighted by Crippen LogP contribution is 2.37. The minimum Gasteiger partial charge on any atom is -0.307 e. The molecule has 1 amide bonds. The molecular formula is C32H29N5O3S. The van der Waals surface area contributed by atoms with E-state index in [1.54, 1.807) is 18.5 Å². The van der Waals surface area contributed by atoms with Crippen molar-refractivity contribution in [3.8, 4) is 22.6 Å². The third-order valence-corrected chi connectivity index (χ3v) is 9.00. The van der Waals surface area contributed by atoms with Crippen molar-refractivity contribution in [2.45, 2.75) is 25.8 Å². The first-order chi connectivity index (χ1) is 19.9. The number of pyridine rings is 2. The standard InChI is InChI=1S/C32H29N5O3S/c1-22-13-16-34-29(18-22)35-32(38)25-11-7-8-23(19-25)20-27-30(28-12-5-6-15-33-28)36-37(26-14-17-41(39,40)21-26)31(27)24-9-3-2-4-10-24/h2-13,15-16,18-19,26H,14,17,20-21H2,1H3,(H,34,35,38). The lowest BCUT2D eigenvalue weighted by atomic mass is 9.96. The predicted octanol–water partition coefficient (Wildman–Crippen LogP) is 5.52. The summed E-state index contributed by atoms with van der Waals surface area (Å²) in [7, 11) is -3.14. The molecule has 9 heteroatoms. The van der Waals surface area contributed by atoms with Crippen LogP contribution in [0.2, 0.25) is 0 Å². The molecule has 1 N–H and O–H groups in total. The summed E-state index contributed by atoms with van der Waals surface area (Å²) in [6, 6.07) is 26.5. The number of nitrogens with zero attached hydrogens (tertiary/aromatic N) is 4. The zero-order valence-corrected chi connectivity index (χ0v) is 23.4. The topological polar surface area (TPSA) is 107 Å². The maximum atomic E-state index is 13.1. The van der Waals surface area contributed by atoms with Crippen LogP contribution in [0.5, 0.6) is 0 Å². The number of benzene rings is 2. The van der Waals surface area contributed by atoms with Crippen LogP contribution in [-0.2, 0) is 16.3 Å². The number of aromatic nitrogens is 4. The minimum atomic E-state index is -3.14. The maximum Gasteiger partial charge on any atom is 0.256 e. The first-order valence-electron chi connectivity index (χ1n) is 13.5. The highest BCUT2D eigenvalue weighted by atomic mass is 32.2. The Labute approximate surface area is 239 Å². The zero-order chi connectivity index (χ0) is 28.4. The first-order valence-corrected chi connectivity index (χ1v) is 15.3. The molecule has 8 nitrogen and oxygen atoms in total. The molecule has 0 bridgehead atoms. The van der Waals surface area contributed by atoms with Gasteiger partial charge in [0.25, 0.3) is 5.91 Å². The number of carbonyl (C=O) groups excluding carboxylic acids is 1. The van der Waals surface area contributed by atoms with Crippen molar-refractivity contribution in [2.75, 3.05) is 16.8 Å². The van der Waals surface area contributed by atoms with Gasteiger partial charge in [-0.15, -0.1) is 0 Å². The van der Waals surface area contributed by atoms with E-state index in [1.165, 1.54) is 0 Å². The molecule has 1 saturated heterocycles. The number of sulfone groups is 1. The Bertz CT molecular complexity index is 1820. The van der Waals surface area contributed by atoms with Gasteiger partial charge < -0.3 is 5.32 Å². The smallest absolute Gasteiger partial charge is 0.256 e. The molecule has 1 unspecified atom stereocenters. The largest absolute Gasteiger partial charge is 0.307 e. The van der Waals surface area contributed by atoms with Gasteiger partial charge in [-0.1, -0.05) is 48.5 Å². The Morgan fingerprint density at radius 2 is 1.78 bits per heavy atom. The van der Waals surface area contributed by atoms with Crippen LogP contribution in [0.4, 0.5) is 5.82 Å². The van der Waals surface area contributed by atoms with Crippen molar-refractivity contribution < 1.29 is 13.2 Å². The molecule has 1 aliphatic rings. The molecule has 4 heterocycles. The second-order valence-corrected chi connectivity index (χ2v) is 12.5. The zero-order valence-electron chi connectivity index (χ0n) is 22.6. The van der Waals surface area contributed by atoms with Gasteiger partial charge in [0.15, 0.2) is 9.84 Å². The SMILES string of the molecule is Cc1ccnc(NC(=O)c2cccc(Cc3c(-c4ccccn4)nn(C4CCS(=O)(=O)C4)c3-c3ccccc3)c2)c1. The van der Waals surface area contributed by atoms with Crippen LogP contribution < -0.4 is 5.32 Å². The van der Waals surface area contributed by atoms with Gasteiger partial charge in [0.05, 0.1) is 28.9 Å². The van der Waals surface area contributed by atoms with E-state index in [4.69, 9.17) is 5.10 Å². The van der Waals surface area contributed by atoms with E-state index in [0.717, 1.165) is 27.9 Å². The number of rotatable bonds is 7. The summed E-state index contributed by atoms with van der Waals surface area (Å²) in [5, 5.41) is 7.90. The summed E-state index contributed by atoms with van der Waals surface area (Å²) >= 11 is 0. The molecule has 41 heavy (non-hydrogen) atoms. The third kappa shape index (κ3) is 5.81. The van der Waals surface area contributed by atoms with Crippen molar-refractivity contribution in [1.82, 2.24) is 19.7 Å². The van der Waals surface area contributed by atoms with E-state index in [1.807, 2.05) is 90.5 Å². The fraction of sp³-hybridized carbons (Fsp3) is 0.188. The Hall–Kier alpha value is -4.63. The van der Waals surface area contributed by atoms with Crippen molar-refractivity contribution in [3.05, 3.63) is 120 Å². The predicted molar refractivity (Wildman–Crippen MR) is 159 cm³/mol. The molecule has 5 aromatic rings. The van der Waals surface area contributed by atoms with E-state index >= 15 is 0 Å². The summed E-state index contributed by atoms with van der Waals surface area (Å²) in [5.74, 6) is 0.452. The normalized spacial score (nSPS) is 16.0. The van der Waals surface area contributed by atoms with Gasteiger partial charge in [-0.25, -0.2) is 13.4 Å². The molecule has 0 aliphatic carbocycles. The molecule has 0 saturated carbocycles. The highest BCUT2D eigenvalue weighted by molar-refractivity contribution is 7.91. The number of nitrogens with one attached hydrogen (secondary N) is 1. The second-order valence-electron chi connectivity index (χ2n) is 10.3. The van der Waals surface area contributed by atoms with Crippen LogP contribution in [0.1, 0.15) is 39.5 Å².